The van der Waals surface area contributed by atoms with Crippen molar-refractivity contribution in [1.82, 2.24) is 25.3 Å². The van der Waals surface area contributed by atoms with Crippen molar-refractivity contribution in [3.8, 4) is 0 Å². The maximum atomic E-state index is 12.9. The Morgan fingerprint density at radius 1 is 1.27 bits per heavy atom. The fourth-order valence-electron chi connectivity index (χ4n) is 3.72. The van der Waals surface area contributed by atoms with Gasteiger partial charge < -0.3 is 10.2 Å². The molecule has 7 heteroatoms. The van der Waals surface area contributed by atoms with Crippen LogP contribution in [0.2, 0.25) is 0 Å². The molecule has 1 aromatic rings. The molecule has 0 unspecified atom stereocenters. The molecule has 1 aromatic heterocycles. The molecule has 0 atom stereocenters. The highest BCUT2D eigenvalue weighted by molar-refractivity contribution is 5.92. The lowest BCUT2D eigenvalue weighted by Crippen LogP contribution is -2.56. The number of aromatic nitrogens is 2. The number of nitrogens with one attached hydrogen (secondary N) is 2. The van der Waals surface area contributed by atoms with Crippen molar-refractivity contribution in [2.24, 2.45) is 7.05 Å². The molecule has 7 nitrogen and oxygen atoms in total. The van der Waals surface area contributed by atoms with E-state index in [2.05, 4.69) is 15.7 Å². The minimum absolute atomic E-state index is 0.0745. The summed E-state index contributed by atoms with van der Waals surface area (Å²) in [5.74, 6) is 0.255. The molecule has 2 amide bonds. The first-order chi connectivity index (χ1) is 10.6. The maximum Gasteiger partial charge on any atom is 0.241 e. The summed E-state index contributed by atoms with van der Waals surface area (Å²) in [5.41, 5.74) is 0.0207. The van der Waals surface area contributed by atoms with Gasteiger partial charge in [-0.15, -0.1) is 0 Å². The van der Waals surface area contributed by atoms with Gasteiger partial charge in [0.15, 0.2) is 0 Å². The normalized spacial score (nSPS) is 25.3. The van der Waals surface area contributed by atoms with Crippen LogP contribution in [0.15, 0.2) is 12.3 Å². The minimum Gasteiger partial charge on any atom is -0.342 e. The summed E-state index contributed by atoms with van der Waals surface area (Å²) in [5, 5.41) is 10.5. The van der Waals surface area contributed by atoms with Crippen molar-refractivity contribution in [2.75, 3.05) is 19.8 Å². The molecular weight excluding hydrogens is 282 g/mol. The molecule has 0 bridgehead atoms. The lowest BCUT2D eigenvalue weighted by atomic mass is 9.86. The Bertz CT molecular complexity index is 626. The molecule has 1 spiro atoms. The number of nitrogens with zero attached hydrogens (tertiary/aromatic N) is 3. The Morgan fingerprint density at radius 2 is 2.00 bits per heavy atom. The van der Waals surface area contributed by atoms with Gasteiger partial charge in [0.1, 0.15) is 5.54 Å². The van der Waals surface area contributed by atoms with Crippen molar-refractivity contribution in [3.63, 3.8) is 0 Å². The molecule has 0 aromatic carbocycles. The molecule has 3 heterocycles. The second-order valence-corrected chi connectivity index (χ2v) is 6.69. The van der Waals surface area contributed by atoms with E-state index in [9.17, 15) is 9.59 Å². The summed E-state index contributed by atoms with van der Waals surface area (Å²) in [7, 11) is 1.87. The number of piperidine rings is 1. The second-order valence-electron chi connectivity index (χ2n) is 6.69. The molecule has 1 aliphatic carbocycles. The number of carbonyl (C=O) groups is 2. The fraction of sp³-hybridized carbons (Fsp3) is 0.667. The van der Waals surface area contributed by atoms with Crippen LogP contribution in [0.3, 0.4) is 0 Å². The van der Waals surface area contributed by atoms with Crippen LogP contribution < -0.4 is 10.6 Å². The fourth-order valence-corrected chi connectivity index (χ4v) is 3.72. The number of rotatable bonds is 2. The van der Waals surface area contributed by atoms with Crippen LogP contribution in [0.1, 0.15) is 31.4 Å². The predicted molar refractivity (Wildman–Crippen MR) is 78.8 cm³/mol. The molecule has 3 aliphatic rings. The molecule has 2 N–H and O–H groups in total. The van der Waals surface area contributed by atoms with Crippen LogP contribution in [-0.2, 0) is 22.1 Å². The highest BCUT2D eigenvalue weighted by Gasteiger charge is 2.56. The van der Waals surface area contributed by atoms with E-state index in [0.717, 1.165) is 18.5 Å². The van der Waals surface area contributed by atoms with Gasteiger partial charge in [0.25, 0.3) is 0 Å². The van der Waals surface area contributed by atoms with Crippen molar-refractivity contribution < 1.29 is 9.59 Å². The summed E-state index contributed by atoms with van der Waals surface area (Å²) in [6, 6.07) is 1.95. The Balaban J connectivity index is 1.48. The molecule has 2 aliphatic heterocycles. The third kappa shape index (κ3) is 1.88. The highest BCUT2D eigenvalue weighted by atomic mass is 16.2. The van der Waals surface area contributed by atoms with E-state index in [0.29, 0.717) is 32.6 Å². The number of amides is 2. The quantitative estimate of drug-likeness (QED) is 0.771. The van der Waals surface area contributed by atoms with Crippen LogP contribution in [0.25, 0.3) is 0 Å². The first-order valence-corrected chi connectivity index (χ1v) is 7.89. The summed E-state index contributed by atoms with van der Waals surface area (Å²) in [6.07, 6.45) is 5.01. The van der Waals surface area contributed by atoms with Gasteiger partial charge in [-0.25, -0.2) is 0 Å². The van der Waals surface area contributed by atoms with Crippen molar-refractivity contribution in [2.45, 2.75) is 36.6 Å². The molecule has 118 valence electrons. The van der Waals surface area contributed by atoms with Gasteiger partial charge >= 0.3 is 0 Å². The van der Waals surface area contributed by atoms with Crippen LogP contribution in [0.5, 0.6) is 0 Å². The number of aryl methyl sites for hydroxylation is 1. The molecule has 22 heavy (non-hydrogen) atoms. The van der Waals surface area contributed by atoms with E-state index in [4.69, 9.17) is 0 Å². The standard InChI is InChI=1S/C15H21N5O2/c1-19-7-2-11(18-19)14(3-4-14)13(22)20-8-5-15(6-9-20)12(21)16-10-17-15/h2,7,17H,3-6,8-10H2,1H3,(H,16,21). The van der Waals surface area contributed by atoms with E-state index in [-0.39, 0.29) is 11.8 Å². The van der Waals surface area contributed by atoms with Crippen molar-refractivity contribution in [1.29, 1.82) is 0 Å². The van der Waals surface area contributed by atoms with Crippen molar-refractivity contribution >= 4 is 11.8 Å². The Hall–Kier alpha value is -1.89. The Kier molecular flexibility index (Phi) is 2.84. The highest BCUT2D eigenvalue weighted by Crippen LogP contribution is 2.49. The average molecular weight is 303 g/mol. The molecular formula is C15H21N5O2. The lowest BCUT2D eigenvalue weighted by Gasteiger charge is -2.38. The van der Waals surface area contributed by atoms with Gasteiger partial charge in [0.2, 0.25) is 11.8 Å². The van der Waals surface area contributed by atoms with Gasteiger partial charge in [0.05, 0.1) is 17.8 Å². The third-order valence-electron chi connectivity index (χ3n) is 5.38. The van der Waals surface area contributed by atoms with E-state index in [1.54, 1.807) is 4.68 Å². The number of carbonyl (C=O) groups excluding carboxylic acids is 2. The molecule has 0 radical (unpaired) electrons. The zero-order valence-corrected chi connectivity index (χ0v) is 12.8. The van der Waals surface area contributed by atoms with Crippen LogP contribution in [-0.4, -0.2) is 51.8 Å². The maximum absolute atomic E-state index is 12.9. The monoisotopic (exact) mass is 303 g/mol. The lowest BCUT2D eigenvalue weighted by molar-refractivity contribution is -0.138. The van der Waals surface area contributed by atoms with Gasteiger partial charge in [-0.3, -0.25) is 19.6 Å². The summed E-state index contributed by atoms with van der Waals surface area (Å²) >= 11 is 0. The van der Waals surface area contributed by atoms with Crippen LogP contribution >= 0.6 is 0 Å². The van der Waals surface area contributed by atoms with Gasteiger partial charge in [0, 0.05) is 26.3 Å². The number of likely N-dealkylation sites (tertiary alicyclic amines) is 1. The van der Waals surface area contributed by atoms with Crippen molar-refractivity contribution in [3.05, 3.63) is 18.0 Å². The summed E-state index contributed by atoms with van der Waals surface area (Å²) in [6.45, 7) is 1.80. The van der Waals surface area contributed by atoms with Gasteiger partial charge in [-0.05, 0) is 31.7 Å². The third-order valence-corrected chi connectivity index (χ3v) is 5.38. The predicted octanol–water partition coefficient (Wildman–Crippen LogP) is -0.510. The first kappa shape index (κ1) is 13.8. The second kappa shape index (κ2) is 4.55. The summed E-state index contributed by atoms with van der Waals surface area (Å²) < 4.78 is 1.75. The van der Waals surface area contributed by atoms with E-state index in [1.807, 2.05) is 24.2 Å². The average Bonchev–Trinajstić information content (AvgIpc) is 3.11. The Labute approximate surface area is 129 Å². The first-order valence-electron chi connectivity index (χ1n) is 7.89. The molecule has 1 saturated carbocycles. The van der Waals surface area contributed by atoms with E-state index >= 15 is 0 Å². The van der Waals surface area contributed by atoms with Gasteiger partial charge in [-0.1, -0.05) is 0 Å². The molecule has 2 saturated heterocycles. The van der Waals surface area contributed by atoms with Gasteiger partial charge in [-0.2, -0.15) is 5.10 Å². The Morgan fingerprint density at radius 3 is 2.50 bits per heavy atom. The van der Waals surface area contributed by atoms with Crippen LogP contribution in [0.4, 0.5) is 0 Å². The van der Waals surface area contributed by atoms with E-state index < -0.39 is 11.0 Å². The van der Waals surface area contributed by atoms with E-state index in [1.165, 1.54) is 0 Å². The molecule has 3 fully saturated rings. The summed E-state index contributed by atoms with van der Waals surface area (Å²) in [4.78, 5) is 26.8. The topological polar surface area (TPSA) is 79.3 Å². The number of hydrogen-bond donors (Lipinski definition) is 2. The van der Waals surface area contributed by atoms with Crippen LogP contribution in [0, 0.1) is 0 Å². The zero-order valence-electron chi connectivity index (χ0n) is 12.8. The zero-order chi connectivity index (χ0) is 15.4. The molecule has 4 rings (SSSR count). The SMILES string of the molecule is Cn1ccc(C2(C(=O)N3CCC4(CC3)NCNC4=O)CC2)n1. The smallest absolute Gasteiger partial charge is 0.241 e. The minimum atomic E-state index is -0.460. The largest absolute Gasteiger partial charge is 0.342 e. The number of hydrogen-bond acceptors (Lipinski definition) is 4.